The highest BCUT2D eigenvalue weighted by atomic mass is 16.5. The summed E-state index contributed by atoms with van der Waals surface area (Å²) in [5.74, 6) is 0.0253. The predicted molar refractivity (Wildman–Crippen MR) is 128 cm³/mol. The van der Waals surface area contributed by atoms with Crippen molar-refractivity contribution in [3.8, 4) is 11.1 Å². The lowest BCUT2D eigenvalue weighted by molar-refractivity contribution is -0.117. The van der Waals surface area contributed by atoms with Gasteiger partial charge in [0.05, 0.1) is 36.9 Å². The zero-order chi connectivity index (χ0) is 22.9. The van der Waals surface area contributed by atoms with Crippen molar-refractivity contribution in [3.63, 3.8) is 0 Å². The van der Waals surface area contributed by atoms with Crippen molar-refractivity contribution in [1.29, 1.82) is 0 Å². The summed E-state index contributed by atoms with van der Waals surface area (Å²) < 4.78 is 10.8. The average Bonchev–Trinajstić information content (AvgIpc) is 3.38. The molecule has 1 atom stereocenters. The maximum absolute atomic E-state index is 13.2. The SMILES string of the molecule is CC(=O)N1c2ccc(-c3ccc(N4CCOCC4)cc3)cc2N(C(=O)c2ccco2)CC1C. The molecule has 1 fully saturated rings. The minimum Gasteiger partial charge on any atom is -0.459 e. The first-order valence-electron chi connectivity index (χ1n) is 11.3. The first-order chi connectivity index (χ1) is 16.0. The summed E-state index contributed by atoms with van der Waals surface area (Å²) in [7, 11) is 0. The Morgan fingerprint density at radius 2 is 1.67 bits per heavy atom. The van der Waals surface area contributed by atoms with Gasteiger partial charge in [-0.15, -0.1) is 0 Å². The number of furan rings is 1. The zero-order valence-corrected chi connectivity index (χ0v) is 18.9. The first kappa shape index (κ1) is 21.3. The van der Waals surface area contributed by atoms with Crippen molar-refractivity contribution in [2.75, 3.05) is 47.5 Å². The van der Waals surface area contributed by atoms with E-state index in [9.17, 15) is 9.59 Å². The monoisotopic (exact) mass is 445 g/mol. The van der Waals surface area contributed by atoms with Gasteiger partial charge in [0.25, 0.3) is 5.91 Å². The molecule has 3 heterocycles. The maximum atomic E-state index is 13.2. The Kier molecular flexibility index (Phi) is 5.64. The molecule has 2 amide bonds. The summed E-state index contributed by atoms with van der Waals surface area (Å²) in [6.45, 7) is 7.18. The largest absolute Gasteiger partial charge is 0.459 e. The summed E-state index contributed by atoms with van der Waals surface area (Å²) in [5, 5.41) is 0. The second-order valence-electron chi connectivity index (χ2n) is 8.48. The quantitative estimate of drug-likeness (QED) is 0.605. The van der Waals surface area contributed by atoms with Crippen molar-refractivity contribution in [2.24, 2.45) is 0 Å². The molecular weight excluding hydrogens is 418 g/mol. The fraction of sp³-hybridized carbons (Fsp3) is 0.308. The van der Waals surface area contributed by atoms with Crippen LogP contribution in [0, 0.1) is 0 Å². The Morgan fingerprint density at radius 3 is 2.33 bits per heavy atom. The lowest BCUT2D eigenvalue weighted by Crippen LogP contribution is -2.51. The topological polar surface area (TPSA) is 66.2 Å². The van der Waals surface area contributed by atoms with E-state index in [0.717, 1.165) is 43.1 Å². The number of carbonyl (C=O) groups excluding carboxylic acids is 2. The van der Waals surface area contributed by atoms with Gasteiger partial charge in [-0.1, -0.05) is 18.2 Å². The van der Waals surface area contributed by atoms with E-state index in [0.29, 0.717) is 12.2 Å². The number of hydrogen-bond acceptors (Lipinski definition) is 5. The molecule has 170 valence electrons. The van der Waals surface area contributed by atoms with Gasteiger partial charge >= 0.3 is 0 Å². The number of carbonyl (C=O) groups is 2. The van der Waals surface area contributed by atoms with Gasteiger partial charge in [-0.3, -0.25) is 9.59 Å². The number of benzene rings is 2. The second kappa shape index (κ2) is 8.75. The molecular formula is C26H27N3O4. The van der Waals surface area contributed by atoms with E-state index in [1.54, 1.807) is 28.9 Å². The van der Waals surface area contributed by atoms with E-state index in [-0.39, 0.29) is 23.6 Å². The van der Waals surface area contributed by atoms with Crippen molar-refractivity contribution in [3.05, 3.63) is 66.6 Å². The second-order valence-corrected chi connectivity index (χ2v) is 8.48. The van der Waals surface area contributed by atoms with Crippen molar-refractivity contribution < 1.29 is 18.7 Å². The number of morpholine rings is 1. The fourth-order valence-corrected chi connectivity index (χ4v) is 4.70. The minimum absolute atomic E-state index is 0.0449. The van der Waals surface area contributed by atoms with Crippen LogP contribution in [0.3, 0.4) is 0 Å². The molecule has 7 nitrogen and oxygen atoms in total. The van der Waals surface area contributed by atoms with Crippen LogP contribution in [-0.2, 0) is 9.53 Å². The molecule has 0 saturated carbocycles. The van der Waals surface area contributed by atoms with Crippen LogP contribution >= 0.6 is 0 Å². The van der Waals surface area contributed by atoms with Gasteiger partial charge in [0.2, 0.25) is 5.91 Å². The average molecular weight is 446 g/mol. The van der Waals surface area contributed by atoms with Crippen LogP contribution in [0.5, 0.6) is 0 Å². The van der Waals surface area contributed by atoms with E-state index in [1.807, 2.05) is 25.1 Å². The number of nitrogens with zero attached hydrogens (tertiary/aromatic N) is 3. The summed E-state index contributed by atoms with van der Waals surface area (Å²) in [4.78, 5) is 31.4. The van der Waals surface area contributed by atoms with Crippen LogP contribution in [-0.4, -0.2) is 50.7 Å². The van der Waals surface area contributed by atoms with E-state index in [4.69, 9.17) is 9.15 Å². The van der Waals surface area contributed by atoms with Gasteiger partial charge in [-0.2, -0.15) is 0 Å². The minimum atomic E-state index is -0.212. The van der Waals surface area contributed by atoms with Gasteiger partial charge in [-0.05, 0) is 54.4 Å². The third-order valence-corrected chi connectivity index (χ3v) is 6.31. The zero-order valence-electron chi connectivity index (χ0n) is 18.9. The lowest BCUT2D eigenvalue weighted by Gasteiger charge is -2.40. The first-order valence-corrected chi connectivity index (χ1v) is 11.3. The standard InChI is InChI=1S/C26H27N3O4/c1-18-17-28(26(31)25-4-3-13-33-25)24-16-21(7-10-23(24)29(18)19(2)30)20-5-8-22(9-6-20)27-11-14-32-15-12-27/h3-10,13,16,18H,11-12,14-15,17H2,1-2H3. The van der Waals surface area contributed by atoms with Gasteiger partial charge in [0.15, 0.2) is 5.76 Å². The van der Waals surface area contributed by atoms with Crippen LogP contribution < -0.4 is 14.7 Å². The molecule has 7 heteroatoms. The molecule has 1 saturated heterocycles. The van der Waals surface area contributed by atoms with Crippen LogP contribution in [0.4, 0.5) is 17.1 Å². The molecule has 0 N–H and O–H groups in total. The smallest absolute Gasteiger partial charge is 0.294 e. The predicted octanol–water partition coefficient (Wildman–Crippen LogP) is 4.19. The molecule has 0 aliphatic carbocycles. The molecule has 2 aliphatic rings. The third-order valence-electron chi connectivity index (χ3n) is 6.31. The van der Waals surface area contributed by atoms with E-state index in [1.165, 1.54) is 12.0 Å². The van der Waals surface area contributed by atoms with Crippen molar-refractivity contribution in [1.82, 2.24) is 0 Å². The van der Waals surface area contributed by atoms with Gasteiger partial charge in [0, 0.05) is 32.2 Å². The van der Waals surface area contributed by atoms with E-state index < -0.39 is 0 Å². The van der Waals surface area contributed by atoms with Crippen LogP contribution in [0.25, 0.3) is 11.1 Å². The number of amides is 2. The number of rotatable bonds is 3. The number of ether oxygens (including phenoxy) is 1. The number of hydrogen-bond donors (Lipinski definition) is 0. The molecule has 2 aliphatic heterocycles. The molecule has 1 unspecified atom stereocenters. The highest BCUT2D eigenvalue weighted by molar-refractivity contribution is 6.10. The normalized spacial score (nSPS) is 18.2. The fourth-order valence-electron chi connectivity index (χ4n) is 4.70. The molecule has 3 aromatic rings. The summed E-state index contributed by atoms with van der Waals surface area (Å²) in [6.07, 6.45) is 1.50. The van der Waals surface area contributed by atoms with Crippen LogP contribution in [0.2, 0.25) is 0 Å². The summed E-state index contributed by atoms with van der Waals surface area (Å²) in [6, 6.07) is 17.6. The van der Waals surface area contributed by atoms with E-state index in [2.05, 4.69) is 29.2 Å². The number of fused-ring (bicyclic) bond motifs is 1. The number of anilines is 3. The van der Waals surface area contributed by atoms with Crippen molar-refractivity contribution in [2.45, 2.75) is 19.9 Å². The molecule has 5 rings (SSSR count). The van der Waals surface area contributed by atoms with Gasteiger partial charge in [-0.25, -0.2) is 0 Å². The Hall–Kier alpha value is -3.58. The van der Waals surface area contributed by atoms with Gasteiger partial charge < -0.3 is 23.9 Å². The maximum Gasteiger partial charge on any atom is 0.294 e. The van der Waals surface area contributed by atoms with Crippen molar-refractivity contribution >= 4 is 28.9 Å². The molecule has 0 bridgehead atoms. The molecule has 2 aromatic carbocycles. The Balaban J connectivity index is 1.51. The highest BCUT2D eigenvalue weighted by Crippen LogP contribution is 2.39. The summed E-state index contributed by atoms with van der Waals surface area (Å²) in [5.41, 5.74) is 4.64. The highest BCUT2D eigenvalue weighted by Gasteiger charge is 2.35. The molecule has 1 aromatic heterocycles. The van der Waals surface area contributed by atoms with E-state index >= 15 is 0 Å². The molecule has 33 heavy (non-hydrogen) atoms. The van der Waals surface area contributed by atoms with Crippen LogP contribution in [0.1, 0.15) is 24.4 Å². The third kappa shape index (κ3) is 4.00. The van der Waals surface area contributed by atoms with Gasteiger partial charge in [0.1, 0.15) is 0 Å². The van der Waals surface area contributed by atoms with Crippen LogP contribution in [0.15, 0.2) is 65.3 Å². The Labute approximate surface area is 193 Å². The molecule has 0 radical (unpaired) electrons. The molecule has 0 spiro atoms. The Bertz CT molecular complexity index is 1150. The Morgan fingerprint density at radius 1 is 0.939 bits per heavy atom. The summed E-state index contributed by atoms with van der Waals surface area (Å²) >= 11 is 0. The lowest BCUT2D eigenvalue weighted by atomic mass is 10.00.